The third-order valence-electron chi connectivity index (χ3n) is 3.77. The highest BCUT2D eigenvalue weighted by Gasteiger charge is 2.32. The quantitative estimate of drug-likeness (QED) is 0.710. The van der Waals surface area contributed by atoms with Crippen molar-refractivity contribution in [2.45, 2.75) is 50.0 Å². The van der Waals surface area contributed by atoms with E-state index in [0.717, 1.165) is 30.2 Å². The molecule has 3 nitrogen and oxygen atoms in total. The lowest BCUT2D eigenvalue weighted by atomic mass is 9.95. The molecular formula is C14H19Br2NO2S. The van der Waals surface area contributed by atoms with E-state index in [-0.39, 0.29) is 6.04 Å². The van der Waals surface area contributed by atoms with Gasteiger partial charge in [-0.1, -0.05) is 42.1 Å². The molecule has 0 saturated heterocycles. The molecule has 0 radical (unpaired) electrons. The van der Waals surface area contributed by atoms with Crippen LogP contribution in [0.2, 0.25) is 0 Å². The average Bonchev–Trinajstić information content (AvgIpc) is 2.40. The second kappa shape index (κ2) is 6.90. The number of sulfonamides is 1. The first kappa shape index (κ1) is 16.5. The minimum absolute atomic E-state index is 0.147. The maximum Gasteiger partial charge on any atom is 0.244 e. The fourth-order valence-corrected chi connectivity index (χ4v) is 6.21. The Balaban J connectivity index is 2.35. The van der Waals surface area contributed by atoms with Gasteiger partial charge in [-0.3, -0.25) is 0 Å². The van der Waals surface area contributed by atoms with E-state index in [1.54, 1.807) is 22.5 Å². The summed E-state index contributed by atoms with van der Waals surface area (Å²) in [4.78, 5) is 0.355. The summed E-state index contributed by atoms with van der Waals surface area (Å²) in [7, 11) is -3.43. The molecule has 0 aliphatic heterocycles. The Morgan fingerprint density at radius 1 is 1.20 bits per heavy atom. The SMILES string of the molecule is CCN(C1CCCCC1)S(=O)(=O)c1ccc(Br)cc1Br. The molecule has 0 heterocycles. The van der Waals surface area contributed by atoms with Gasteiger partial charge in [-0.15, -0.1) is 0 Å². The standard InChI is InChI=1S/C14H19Br2NO2S/c1-2-17(12-6-4-3-5-7-12)20(18,19)14-9-8-11(15)10-13(14)16/h8-10,12H,2-7H2,1H3. The van der Waals surface area contributed by atoms with E-state index in [1.165, 1.54) is 6.42 Å². The number of rotatable bonds is 4. The second-order valence-corrected chi connectivity index (χ2v) is 8.70. The largest absolute Gasteiger partial charge is 0.244 e. The minimum Gasteiger partial charge on any atom is -0.207 e. The molecule has 6 heteroatoms. The first-order chi connectivity index (χ1) is 9.46. The minimum atomic E-state index is -3.43. The lowest BCUT2D eigenvalue weighted by molar-refractivity contribution is 0.261. The zero-order valence-electron chi connectivity index (χ0n) is 11.5. The molecule has 112 valence electrons. The Labute approximate surface area is 138 Å². The number of nitrogens with zero attached hydrogens (tertiary/aromatic N) is 1. The number of hydrogen-bond acceptors (Lipinski definition) is 2. The molecular weight excluding hydrogens is 406 g/mol. The third-order valence-corrected chi connectivity index (χ3v) is 7.27. The van der Waals surface area contributed by atoms with Gasteiger partial charge in [-0.2, -0.15) is 4.31 Å². The van der Waals surface area contributed by atoms with Crippen molar-refractivity contribution >= 4 is 41.9 Å². The summed E-state index contributed by atoms with van der Waals surface area (Å²) in [6.45, 7) is 2.44. The van der Waals surface area contributed by atoms with Gasteiger partial charge in [-0.05, 0) is 47.0 Å². The summed E-state index contributed by atoms with van der Waals surface area (Å²) in [5, 5.41) is 0. The van der Waals surface area contributed by atoms with Gasteiger partial charge in [0.1, 0.15) is 0 Å². The smallest absolute Gasteiger partial charge is 0.207 e. The van der Waals surface area contributed by atoms with Crippen molar-refractivity contribution in [2.75, 3.05) is 6.54 Å². The first-order valence-corrected chi connectivity index (χ1v) is 9.96. The predicted molar refractivity (Wildman–Crippen MR) is 88.3 cm³/mol. The van der Waals surface area contributed by atoms with Crippen LogP contribution >= 0.6 is 31.9 Å². The third kappa shape index (κ3) is 3.46. The molecule has 0 amide bonds. The van der Waals surface area contributed by atoms with E-state index in [1.807, 2.05) is 6.92 Å². The van der Waals surface area contributed by atoms with Crippen LogP contribution in [0.4, 0.5) is 0 Å². The van der Waals surface area contributed by atoms with Crippen molar-refractivity contribution in [3.63, 3.8) is 0 Å². The molecule has 1 aromatic rings. The predicted octanol–water partition coefficient (Wildman–Crippen LogP) is 4.55. The number of hydrogen-bond donors (Lipinski definition) is 0. The molecule has 0 spiro atoms. The van der Waals surface area contributed by atoms with Crippen LogP contribution in [-0.4, -0.2) is 25.3 Å². The van der Waals surface area contributed by atoms with Gasteiger partial charge in [0.25, 0.3) is 0 Å². The van der Waals surface area contributed by atoms with Gasteiger partial charge in [-0.25, -0.2) is 8.42 Å². The van der Waals surface area contributed by atoms with Crippen LogP contribution in [0.25, 0.3) is 0 Å². The van der Waals surface area contributed by atoms with E-state index >= 15 is 0 Å². The molecule has 1 fully saturated rings. The Kier molecular flexibility index (Phi) is 5.68. The number of halogens is 2. The van der Waals surface area contributed by atoms with Crippen LogP contribution in [0.1, 0.15) is 39.0 Å². The summed E-state index contributed by atoms with van der Waals surface area (Å²) in [6.07, 6.45) is 5.41. The van der Waals surface area contributed by atoms with Crippen LogP contribution in [0.3, 0.4) is 0 Å². The molecule has 20 heavy (non-hydrogen) atoms. The molecule has 1 aliphatic rings. The summed E-state index contributed by atoms with van der Waals surface area (Å²) < 4.78 is 28.9. The lowest BCUT2D eigenvalue weighted by Crippen LogP contribution is -2.41. The highest BCUT2D eigenvalue weighted by molar-refractivity contribution is 9.11. The molecule has 0 unspecified atom stereocenters. The first-order valence-electron chi connectivity index (χ1n) is 6.93. The number of benzene rings is 1. The maximum absolute atomic E-state index is 12.9. The van der Waals surface area contributed by atoms with E-state index < -0.39 is 10.0 Å². The Hall–Kier alpha value is 0.0900. The van der Waals surface area contributed by atoms with Crippen LogP contribution in [0.15, 0.2) is 32.0 Å². The summed E-state index contributed by atoms with van der Waals surface area (Å²) in [5.41, 5.74) is 0. The zero-order valence-corrected chi connectivity index (χ0v) is 15.5. The Bertz CT molecular complexity index is 569. The summed E-state index contributed by atoms with van der Waals surface area (Å²) in [5.74, 6) is 0. The maximum atomic E-state index is 12.9. The fraction of sp³-hybridized carbons (Fsp3) is 0.571. The molecule has 0 aromatic heterocycles. The molecule has 1 aliphatic carbocycles. The molecule has 1 saturated carbocycles. The van der Waals surface area contributed by atoms with Crippen LogP contribution < -0.4 is 0 Å². The van der Waals surface area contributed by atoms with E-state index in [4.69, 9.17) is 0 Å². The van der Waals surface area contributed by atoms with E-state index in [2.05, 4.69) is 31.9 Å². The van der Waals surface area contributed by atoms with Gasteiger partial charge >= 0.3 is 0 Å². The monoisotopic (exact) mass is 423 g/mol. The van der Waals surface area contributed by atoms with Gasteiger partial charge < -0.3 is 0 Å². The van der Waals surface area contributed by atoms with Crippen LogP contribution in [0.5, 0.6) is 0 Å². The molecule has 0 bridgehead atoms. The molecule has 0 N–H and O–H groups in total. The van der Waals surface area contributed by atoms with Crippen LogP contribution in [-0.2, 0) is 10.0 Å². The van der Waals surface area contributed by atoms with E-state index in [9.17, 15) is 8.42 Å². The van der Waals surface area contributed by atoms with Gasteiger partial charge in [0, 0.05) is 21.5 Å². The van der Waals surface area contributed by atoms with Crippen LogP contribution in [0, 0.1) is 0 Å². The summed E-state index contributed by atoms with van der Waals surface area (Å²) in [6, 6.07) is 5.36. The van der Waals surface area contributed by atoms with Gasteiger partial charge in [0.05, 0.1) is 4.90 Å². The second-order valence-electron chi connectivity index (χ2n) is 5.07. The Morgan fingerprint density at radius 2 is 1.85 bits per heavy atom. The zero-order chi connectivity index (χ0) is 14.8. The molecule has 2 rings (SSSR count). The Morgan fingerprint density at radius 3 is 2.40 bits per heavy atom. The summed E-state index contributed by atoms with van der Waals surface area (Å²) >= 11 is 6.72. The van der Waals surface area contributed by atoms with Gasteiger partial charge in [0.2, 0.25) is 10.0 Å². The lowest BCUT2D eigenvalue weighted by Gasteiger charge is -2.32. The topological polar surface area (TPSA) is 37.4 Å². The average molecular weight is 425 g/mol. The van der Waals surface area contributed by atoms with Crippen molar-refractivity contribution in [3.8, 4) is 0 Å². The van der Waals surface area contributed by atoms with Crippen molar-refractivity contribution in [1.29, 1.82) is 0 Å². The van der Waals surface area contributed by atoms with Gasteiger partial charge in [0.15, 0.2) is 0 Å². The van der Waals surface area contributed by atoms with E-state index in [0.29, 0.717) is 15.9 Å². The highest BCUT2D eigenvalue weighted by Crippen LogP contribution is 2.32. The fourth-order valence-electron chi connectivity index (χ4n) is 2.80. The van der Waals surface area contributed by atoms with Crippen molar-refractivity contribution in [2.24, 2.45) is 0 Å². The van der Waals surface area contributed by atoms with Crippen molar-refractivity contribution < 1.29 is 8.42 Å². The molecule has 1 aromatic carbocycles. The van der Waals surface area contributed by atoms with Crippen molar-refractivity contribution in [1.82, 2.24) is 4.31 Å². The van der Waals surface area contributed by atoms with Crippen molar-refractivity contribution in [3.05, 3.63) is 27.1 Å². The highest BCUT2D eigenvalue weighted by atomic mass is 79.9. The normalized spacial score (nSPS) is 17.6. The molecule has 0 atom stereocenters.